The smallest absolute Gasteiger partial charge is 0.318 e. The summed E-state index contributed by atoms with van der Waals surface area (Å²) in [5.74, 6) is 0. The van der Waals surface area contributed by atoms with Crippen molar-refractivity contribution in [3.05, 3.63) is 30.1 Å². The van der Waals surface area contributed by atoms with E-state index in [1.54, 1.807) is 22.2 Å². The molecule has 0 bridgehead atoms. The van der Waals surface area contributed by atoms with E-state index in [1.807, 2.05) is 12.1 Å². The SMILES string of the molecule is CS(=O)(=O)N1CCN2C(=O)N(Cc3cccnc3)C[C@H]2C1. The fraction of sp³-hybridized carbons (Fsp3) is 0.538. The number of carbonyl (C=O) groups excluding carboxylic acids is 1. The maximum Gasteiger partial charge on any atom is 0.320 e. The van der Waals surface area contributed by atoms with Crippen molar-refractivity contribution >= 4 is 16.1 Å². The van der Waals surface area contributed by atoms with Crippen molar-refractivity contribution in [3.8, 4) is 0 Å². The van der Waals surface area contributed by atoms with Crippen molar-refractivity contribution in [1.82, 2.24) is 19.1 Å². The molecule has 0 radical (unpaired) electrons. The highest BCUT2D eigenvalue weighted by molar-refractivity contribution is 7.88. The van der Waals surface area contributed by atoms with Crippen molar-refractivity contribution in [1.29, 1.82) is 0 Å². The van der Waals surface area contributed by atoms with Crippen molar-refractivity contribution in [2.45, 2.75) is 12.6 Å². The minimum Gasteiger partial charge on any atom is -0.318 e. The zero-order valence-corrected chi connectivity index (χ0v) is 12.7. The van der Waals surface area contributed by atoms with Crippen LogP contribution in [0.4, 0.5) is 4.79 Å². The molecule has 1 atom stereocenters. The summed E-state index contributed by atoms with van der Waals surface area (Å²) in [5, 5.41) is 0. The van der Waals surface area contributed by atoms with Gasteiger partial charge >= 0.3 is 6.03 Å². The Morgan fingerprint density at radius 2 is 2.14 bits per heavy atom. The van der Waals surface area contributed by atoms with E-state index < -0.39 is 10.0 Å². The Bertz CT molecular complexity index is 634. The number of aromatic nitrogens is 1. The van der Waals surface area contributed by atoms with Crippen molar-refractivity contribution in [3.63, 3.8) is 0 Å². The minimum atomic E-state index is -3.19. The number of amides is 2. The predicted molar refractivity (Wildman–Crippen MR) is 77.0 cm³/mol. The van der Waals surface area contributed by atoms with Crippen molar-refractivity contribution in [2.24, 2.45) is 0 Å². The molecule has 8 heteroatoms. The van der Waals surface area contributed by atoms with Gasteiger partial charge in [-0.05, 0) is 11.6 Å². The lowest BCUT2D eigenvalue weighted by molar-refractivity contribution is 0.159. The van der Waals surface area contributed by atoms with Gasteiger partial charge < -0.3 is 9.80 Å². The first-order valence-electron chi connectivity index (χ1n) is 6.85. The third-order valence-corrected chi connectivity index (χ3v) is 5.23. The van der Waals surface area contributed by atoms with Crippen molar-refractivity contribution < 1.29 is 13.2 Å². The molecule has 2 saturated heterocycles. The molecule has 2 aliphatic heterocycles. The Morgan fingerprint density at radius 1 is 1.33 bits per heavy atom. The van der Waals surface area contributed by atoms with E-state index in [0.29, 0.717) is 32.7 Å². The van der Waals surface area contributed by atoms with Crippen LogP contribution < -0.4 is 0 Å². The maximum atomic E-state index is 12.4. The molecule has 0 spiro atoms. The van der Waals surface area contributed by atoms with Crippen LogP contribution in [0.3, 0.4) is 0 Å². The summed E-state index contributed by atoms with van der Waals surface area (Å²) in [6.07, 6.45) is 4.66. The molecule has 1 aromatic rings. The molecule has 0 aliphatic carbocycles. The zero-order chi connectivity index (χ0) is 15.0. The number of urea groups is 1. The van der Waals surface area contributed by atoms with Gasteiger partial charge in [0.05, 0.1) is 12.3 Å². The molecule has 1 aromatic heterocycles. The second kappa shape index (κ2) is 5.27. The Hall–Kier alpha value is -1.67. The van der Waals surface area contributed by atoms with Gasteiger partial charge in [0.25, 0.3) is 0 Å². The number of hydrogen-bond acceptors (Lipinski definition) is 4. The fourth-order valence-corrected chi connectivity index (χ4v) is 3.75. The van der Waals surface area contributed by atoms with Crippen LogP contribution in [0.1, 0.15) is 5.56 Å². The van der Waals surface area contributed by atoms with Gasteiger partial charge in [-0.3, -0.25) is 4.98 Å². The van der Waals surface area contributed by atoms with Gasteiger partial charge in [-0.1, -0.05) is 6.07 Å². The summed E-state index contributed by atoms with van der Waals surface area (Å²) in [7, 11) is -3.19. The second-order valence-corrected chi connectivity index (χ2v) is 7.48. The summed E-state index contributed by atoms with van der Waals surface area (Å²) in [5.41, 5.74) is 0.977. The number of pyridine rings is 1. The molecule has 114 valence electrons. The van der Waals surface area contributed by atoms with Gasteiger partial charge in [-0.2, -0.15) is 4.31 Å². The molecular formula is C13H18N4O3S. The average molecular weight is 310 g/mol. The molecule has 3 heterocycles. The molecule has 2 fully saturated rings. The molecule has 3 rings (SSSR count). The van der Waals surface area contributed by atoms with Gasteiger partial charge in [0, 0.05) is 45.1 Å². The fourth-order valence-electron chi connectivity index (χ4n) is 2.89. The molecule has 0 unspecified atom stereocenters. The van der Waals surface area contributed by atoms with Crippen LogP contribution >= 0.6 is 0 Å². The molecule has 0 aromatic carbocycles. The topological polar surface area (TPSA) is 73.8 Å². The first kappa shape index (κ1) is 14.3. The number of piperazine rings is 1. The van der Waals surface area contributed by atoms with Gasteiger partial charge in [0.15, 0.2) is 0 Å². The molecular weight excluding hydrogens is 292 g/mol. The second-order valence-electron chi connectivity index (χ2n) is 5.49. The third-order valence-electron chi connectivity index (χ3n) is 3.96. The van der Waals surface area contributed by atoms with Gasteiger partial charge in [0.2, 0.25) is 10.0 Å². The van der Waals surface area contributed by atoms with E-state index in [2.05, 4.69) is 4.98 Å². The monoisotopic (exact) mass is 310 g/mol. The normalized spacial score (nSPS) is 23.5. The van der Waals surface area contributed by atoms with Crippen LogP contribution in [0.5, 0.6) is 0 Å². The van der Waals surface area contributed by atoms with Gasteiger partial charge in [-0.25, -0.2) is 13.2 Å². The average Bonchev–Trinajstić information content (AvgIpc) is 2.75. The van der Waals surface area contributed by atoms with E-state index in [4.69, 9.17) is 0 Å². The Balaban J connectivity index is 1.70. The Kier molecular flexibility index (Phi) is 3.58. The number of carbonyl (C=O) groups is 1. The molecule has 0 saturated carbocycles. The van der Waals surface area contributed by atoms with E-state index in [1.165, 1.54) is 10.6 Å². The van der Waals surface area contributed by atoms with Crippen LogP contribution in [-0.2, 0) is 16.6 Å². The lowest BCUT2D eigenvalue weighted by Crippen LogP contribution is -2.53. The number of hydrogen-bond donors (Lipinski definition) is 0. The van der Waals surface area contributed by atoms with Gasteiger partial charge in [0.1, 0.15) is 0 Å². The largest absolute Gasteiger partial charge is 0.320 e. The molecule has 2 amide bonds. The molecule has 21 heavy (non-hydrogen) atoms. The van der Waals surface area contributed by atoms with E-state index in [0.717, 1.165) is 5.56 Å². The molecule has 2 aliphatic rings. The van der Waals surface area contributed by atoms with Crippen LogP contribution in [0.25, 0.3) is 0 Å². The molecule has 7 nitrogen and oxygen atoms in total. The van der Waals surface area contributed by atoms with Crippen LogP contribution in [0.2, 0.25) is 0 Å². The highest BCUT2D eigenvalue weighted by Gasteiger charge is 2.42. The zero-order valence-electron chi connectivity index (χ0n) is 11.8. The summed E-state index contributed by atoms with van der Waals surface area (Å²) >= 11 is 0. The van der Waals surface area contributed by atoms with E-state index in [-0.39, 0.29) is 12.1 Å². The first-order chi connectivity index (χ1) is 9.95. The predicted octanol–water partition coefficient (Wildman–Crippen LogP) is -0.0370. The number of nitrogens with zero attached hydrogens (tertiary/aromatic N) is 4. The van der Waals surface area contributed by atoms with Gasteiger partial charge in [-0.15, -0.1) is 0 Å². The van der Waals surface area contributed by atoms with Crippen LogP contribution in [0, 0.1) is 0 Å². The Morgan fingerprint density at radius 3 is 2.81 bits per heavy atom. The van der Waals surface area contributed by atoms with Crippen LogP contribution in [0.15, 0.2) is 24.5 Å². The summed E-state index contributed by atoms with van der Waals surface area (Å²) < 4.78 is 24.7. The molecule has 0 N–H and O–H groups in total. The number of sulfonamides is 1. The third kappa shape index (κ3) is 2.86. The highest BCUT2D eigenvalue weighted by Crippen LogP contribution is 2.23. The number of rotatable bonds is 3. The van der Waals surface area contributed by atoms with E-state index in [9.17, 15) is 13.2 Å². The summed E-state index contributed by atoms with van der Waals surface area (Å²) in [4.78, 5) is 19.9. The first-order valence-corrected chi connectivity index (χ1v) is 8.69. The lowest BCUT2D eigenvalue weighted by Gasteiger charge is -2.34. The summed E-state index contributed by atoms with van der Waals surface area (Å²) in [6, 6.07) is 3.70. The summed E-state index contributed by atoms with van der Waals surface area (Å²) in [6.45, 7) is 2.29. The minimum absolute atomic E-state index is 0.0167. The highest BCUT2D eigenvalue weighted by atomic mass is 32.2. The van der Waals surface area contributed by atoms with E-state index >= 15 is 0 Å². The maximum absolute atomic E-state index is 12.4. The van der Waals surface area contributed by atoms with Crippen molar-refractivity contribution in [2.75, 3.05) is 32.4 Å². The standard InChI is InChI=1S/C13H18N4O3S/c1-21(19,20)16-5-6-17-12(10-16)9-15(13(17)18)8-11-3-2-4-14-7-11/h2-4,7,12H,5-6,8-10H2,1H3/t12-/m0/s1. The quantitative estimate of drug-likeness (QED) is 0.785. The lowest BCUT2D eigenvalue weighted by atomic mass is 10.2. The number of fused-ring (bicyclic) bond motifs is 1. The Labute approximate surface area is 124 Å². The van der Waals surface area contributed by atoms with Crippen LogP contribution in [-0.4, -0.2) is 72.0 Å².